The number of hydrogen-bond acceptors (Lipinski definition) is 3. The highest BCUT2D eigenvalue weighted by Crippen LogP contribution is 2.30. The summed E-state index contributed by atoms with van der Waals surface area (Å²) in [5.74, 6) is -1.42. The number of hydrogen-bond donors (Lipinski definition) is 0. The fourth-order valence-corrected chi connectivity index (χ4v) is 1.87. The van der Waals surface area contributed by atoms with Crippen LogP contribution in [0.1, 0.15) is 10.4 Å². The van der Waals surface area contributed by atoms with Gasteiger partial charge in [0.2, 0.25) is 0 Å². The molecule has 0 radical (unpaired) electrons. The van der Waals surface area contributed by atoms with Gasteiger partial charge in [0.1, 0.15) is 11.4 Å². The number of furan rings is 1. The second kappa shape index (κ2) is 3.66. The van der Waals surface area contributed by atoms with Crippen LogP contribution in [0.4, 0.5) is 4.39 Å². The molecule has 0 saturated carbocycles. The molecule has 1 aromatic carbocycles. The van der Waals surface area contributed by atoms with Gasteiger partial charge >= 0.3 is 5.97 Å². The average molecular weight is 273 g/mol. The van der Waals surface area contributed by atoms with Crippen LogP contribution in [0.2, 0.25) is 0 Å². The maximum absolute atomic E-state index is 13.5. The minimum Gasteiger partial charge on any atom is -0.465 e. The maximum Gasteiger partial charge on any atom is 0.344 e. The van der Waals surface area contributed by atoms with Crippen molar-refractivity contribution < 1.29 is 18.3 Å². The van der Waals surface area contributed by atoms with Gasteiger partial charge in [-0.25, -0.2) is 9.18 Å². The van der Waals surface area contributed by atoms with Gasteiger partial charge in [-0.15, -0.1) is 0 Å². The van der Waals surface area contributed by atoms with E-state index >= 15 is 0 Å². The summed E-state index contributed by atoms with van der Waals surface area (Å²) in [5.41, 5.74) is 0.00873. The van der Waals surface area contributed by atoms with Crippen molar-refractivity contribution in [2.24, 2.45) is 0 Å². The summed E-state index contributed by atoms with van der Waals surface area (Å²) in [7, 11) is 1.19. The first kappa shape index (κ1) is 10.2. The maximum atomic E-state index is 13.5. The van der Waals surface area contributed by atoms with E-state index in [0.29, 0.717) is 9.86 Å². The summed E-state index contributed by atoms with van der Waals surface area (Å²) < 4.78 is 23.6. The molecule has 0 saturated heterocycles. The summed E-state index contributed by atoms with van der Waals surface area (Å²) in [5, 5.41) is 0.636. The average Bonchev–Trinajstić information content (AvgIpc) is 2.66. The van der Waals surface area contributed by atoms with Crippen molar-refractivity contribution in [3.8, 4) is 0 Å². The molecule has 0 aliphatic heterocycles. The molecule has 0 amide bonds. The highest BCUT2D eigenvalue weighted by atomic mass is 79.9. The molecule has 78 valence electrons. The van der Waals surface area contributed by atoms with Crippen molar-refractivity contribution in [2.75, 3.05) is 7.11 Å². The molecule has 0 bridgehead atoms. The van der Waals surface area contributed by atoms with Gasteiger partial charge in [-0.05, 0) is 28.1 Å². The largest absolute Gasteiger partial charge is 0.465 e. The van der Waals surface area contributed by atoms with E-state index in [1.165, 1.54) is 19.4 Å². The molecule has 15 heavy (non-hydrogen) atoms. The third-order valence-electron chi connectivity index (χ3n) is 2.03. The summed E-state index contributed by atoms with van der Waals surface area (Å²) >= 11 is 3.18. The predicted molar refractivity (Wildman–Crippen MR) is 55.2 cm³/mol. The first-order chi connectivity index (χ1) is 7.15. The Balaban J connectivity index is 2.82. The number of carbonyl (C=O) groups is 1. The number of esters is 1. The lowest BCUT2D eigenvalue weighted by Crippen LogP contribution is -2.05. The van der Waals surface area contributed by atoms with Crippen molar-refractivity contribution >= 4 is 32.9 Å². The normalized spacial score (nSPS) is 10.6. The Hall–Kier alpha value is -1.36. The van der Waals surface area contributed by atoms with Crippen molar-refractivity contribution in [2.45, 2.75) is 0 Å². The number of ether oxygens (including phenoxy) is 1. The van der Waals surface area contributed by atoms with Gasteiger partial charge in [0.15, 0.2) is 5.58 Å². The van der Waals surface area contributed by atoms with Crippen molar-refractivity contribution in [3.05, 3.63) is 34.2 Å². The Morgan fingerprint density at radius 2 is 2.33 bits per heavy atom. The van der Waals surface area contributed by atoms with E-state index < -0.39 is 11.8 Å². The molecular weight excluding hydrogens is 267 g/mol. The summed E-state index contributed by atoms with van der Waals surface area (Å²) in [4.78, 5) is 11.3. The molecule has 3 nitrogen and oxygen atoms in total. The molecule has 0 spiro atoms. The number of fused-ring (bicyclic) bond motifs is 1. The standard InChI is InChI=1S/C10H6BrFO3/c1-14-10(13)8-7(12)4-6(11)5-2-3-15-9(5)8/h2-4H,1H3. The molecule has 0 aliphatic rings. The smallest absolute Gasteiger partial charge is 0.344 e. The van der Waals surface area contributed by atoms with Crippen molar-refractivity contribution in [1.82, 2.24) is 0 Å². The predicted octanol–water partition coefficient (Wildman–Crippen LogP) is 3.12. The topological polar surface area (TPSA) is 39.4 Å². The van der Waals surface area contributed by atoms with E-state index in [-0.39, 0.29) is 11.1 Å². The molecule has 0 atom stereocenters. The van der Waals surface area contributed by atoms with Gasteiger partial charge in [0.05, 0.1) is 13.4 Å². The Bertz CT molecular complexity index is 533. The molecule has 0 N–H and O–H groups in total. The van der Waals surface area contributed by atoms with Gasteiger partial charge in [-0.1, -0.05) is 0 Å². The van der Waals surface area contributed by atoms with Crippen LogP contribution < -0.4 is 0 Å². The first-order valence-electron chi connectivity index (χ1n) is 4.08. The van der Waals surface area contributed by atoms with Crippen molar-refractivity contribution in [3.63, 3.8) is 0 Å². The van der Waals surface area contributed by atoms with Crippen LogP contribution in [-0.4, -0.2) is 13.1 Å². The quantitative estimate of drug-likeness (QED) is 0.749. The molecule has 2 aromatic rings. The Kier molecular flexibility index (Phi) is 2.48. The van der Waals surface area contributed by atoms with Gasteiger partial charge in [0, 0.05) is 9.86 Å². The minimum absolute atomic E-state index is 0.180. The van der Waals surface area contributed by atoms with Crippen LogP contribution >= 0.6 is 15.9 Å². The molecule has 5 heteroatoms. The van der Waals surface area contributed by atoms with Gasteiger partial charge < -0.3 is 9.15 Å². The molecule has 2 rings (SSSR count). The lowest BCUT2D eigenvalue weighted by atomic mass is 10.1. The van der Waals surface area contributed by atoms with Crippen LogP contribution in [0.5, 0.6) is 0 Å². The summed E-state index contributed by atoms with van der Waals surface area (Å²) in [6.45, 7) is 0. The number of methoxy groups -OCH3 is 1. The second-order valence-electron chi connectivity index (χ2n) is 2.87. The number of benzene rings is 1. The molecule has 0 unspecified atom stereocenters. The third kappa shape index (κ3) is 1.52. The monoisotopic (exact) mass is 272 g/mol. The van der Waals surface area contributed by atoms with Crippen LogP contribution in [0, 0.1) is 5.82 Å². The van der Waals surface area contributed by atoms with E-state index in [4.69, 9.17) is 4.42 Å². The summed E-state index contributed by atoms with van der Waals surface area (Å²) in [6, 6.07) is 2.86. The molecule has 0 aliphatic carbocycles. The summed E-state index contributed by atoms with van der Waals surface area (Å²) in [6.07, 6.45) is 1.39. The lowest BCUT2D eigenvalue weighted by molar-refractivity contribution is 0.0596. The fraction of sp³-hybridized carbons (Fsp3) is 0.100. The zero-order valence-electron chi connectivity index (χ0n) is 7.71. The minimum atomic E-state index is -0.750. The Morgan fingerprint density at radius 1 is 1.60 bits per heavy atom. The third-order valence-corrected chi connectivity index (χ3v) is 2.69. The van der Waals surface area contributed by atoms with Crippen LogP contribution in [0.25, 0.3) is 11.0 Å². The second-order valence-corrected chi connectivity index (χ2v) is 3.72. The number of carbonyl (C=O) groups excluding carboxylic acids is 1. The van der Waals surface area contributed by atoms with E-state index in [0.717, 1.165) is 0 Å². The van der Waals surface area contributed by atoms with E-state index in [1.807, 2.05) is 0 Å². The van der Waals surface area contributed by atoms with Crippen molar-refractivity contribution in [1.29, 1.82) is 0 Å². The lowest BCUT2D eigenvalue weighted by Gasteiger charge is -2.03. The number of rotatable bonds is 1. The molecule has 1 heterocycles. The van der Waals surface area contributed by atoms with E-state index in [2.05, 4.69) is 20.7 Å². The molecule has 0 fully saturated rings. The molecule has 1 aromatic heterocycles. The first-order valence-corrected chi connectivity index (χ1v) is 4.88. The molecular formula is C10H6BrFO3. The van der Waals surface area contributed by atoms with Gasteiger partial charge in [0.25, 0.3) is 0 Å². The fourth-order valence-electron chi connectivity index (χ4n) is 1.35. The zero-order valence-corrected chi connectivity index (χ0v) is 9.30. The van der Waals surface area contributed by atoms with Crippen LogP contribution in [-0.2, 0) is 4.74 Å². The van der Waals surface area contributed by atoms with E-state index in [9.17, 15) is 9.18 Å². The Morgan fingerprint density at radius 3 is 3.00 bits per heavy atom. The number of halogens is 2. The van der Waals surface area contributed by atoms with Gasteiger partial charge in [-0.3, -0.25) is 0 Å². The Labute approximate surface area is 92.9 Å². The van der Waals surface area contributed by atoms with Crippen LogP contribution in [0.15, 0.2) is 27.3 Å². The van der Waals surface area contributed by atoms with E-state index in [1.54, 1.807) is 6.07 Å². The highest BCUT2D eigenvalue weighted by Gasteiger charge is 2.20. The zero-order chi connectivity index (χ0) is 11.0. The SMILES string of the molecule is COC(=O)c1c(F)cc(Br)c2ccoc12. The van der Waals surface area contributed by atoms with Crippen LogP contribution in [0.3, 0.4) is 0 Å². The highest BCUT2D eigenvalue weighted by molar-refractivity contribution is 9.10. The van der Waals surface area contributed by atoms with Gasteiger partial charge in [-0.2, -0.15) is 0 Å².